The molecule has 60 heavy (non-hydrogen) atoms. The number of aryl methyl sites for hydroxylation is 1. The molecule has 0 aliphatic carbocycles. The van der Waals surface area contributed by atoms with Gasteiger partial charge in [-0.25, -0.2) is 14.2 Å². The Morgan fingerprint density at radius 3 is 2.47 bits per heavy atom. The van der Waals surface area contributed by atoms with E-state index in [1.54, 1.807) is 29.6 Å². The Balaban J connectivity index is 0.767. The highest BCUT2D eigenvalue weighted by atomic mass is 19.1. The summed E-state index contributed by atoms with van der Waals surface area (Å²) in [7, 11) is 1.90. The lowest BCUT2D eigenvalue weighted by Crippen LogP contribution is -2.49. The highest BCUT2D eigenvalue weighted by molar-refractivity contribution is 6.09. The number of carbonyl (C=O) groups is 2. The number of nitrogens with two attached hydrogens (primary N) is 1. The topological polar surface area (TPSA) is 156 Å². The third-order valence-electron chi connectivity index (χ3n) is 12.0. The zero-order valence-corrected chi connectivity index (χ0v) is 33.9. The summed E-state index contributed by atoms with van der Waals surface area (Å²) in [5.74, 6) is 1.28. The smallest absolute Gasteiger partial charge is 0.329 e. The maximum absolute atomic E-state index is 14.4. The molecule has 3 saturated heterocycles. The van der Waals surface area contributed by atoms with Gasteiger partial charge >= 0.3 is 6.03 Å². The summed E-state index contributed by atoms with van der Waals surface area (Å²) >= 11 is 0. The number of ether oxygens (including phenoxy) is 1. The van der Waals surface area contributed by atoms with Crippen LogP contribution in [0, 0.1) is 11.7 Å². The van der Waals surface area contributed by atoms with Gasteiger partial charge in [0.1, 0.15) is 11.9 Å². The van der Waals surface area contributed by atoms with Crippen molar-refractivity contribution in [1.82, 2.24) is 44.9 Å². The third kappa shape index (κ3) is 8.25. The van der Waals surface area contributed by atoms with Crippen molar-refractivity contribution < 1.29 is 18.7 Å². The fourth-order valence-electron chi connectivity index (χ4n) is 8.70. The third-order valence-corrected chi connectivity index (χ3v) is 12.0. The number of benzene rings is 3. The number of pyridine rings is 1. The van der Waals surface area contributed by atoms with Crippen LogP contribution < -0.4 is 25.6 Å². The van der Waals surface area contributed by atoms with Gasteiger partial charge in [-0.15, -0.1) is 0 Å². The van der Waals surface area contributed by atoms with Crippen LogP contribution in [0.15, 0.2) is 85.3 Å². The van der Waals surface area contributed by atoms with Crippen LogP contribution in [-0.4, -0.2) is 104 Å². The number of carbonyl (C=O) groups excluding carboxylic acids is 2. The number of amides is 3. The van der Waals surface area contributed by atoms with Gasteiger partial charge < -0.3 is 20.3 Å². The van der Waals surface area contributed by atoms with Gasteiger partial charge in [-0.05, 0) is 85.3 Å². The van der Waals surface area contributed by atoms with Gasteiger partial charge in [0.15, 0.2) is 17.4 Å². The molecule has 6 aromatic rings. The van der Waals surface area contributed by atoms with E-state index >= 15 is 0 Å². The molecule has 0 bridgehead atoms. The molecule has 3 amide bonds. The summed E-state index contributed by atoms with van der Waals surface area (Å²) in [6, 6.07) is 20.8. The first-order valence-electron chi connectivity index (χ1n) is 20.6. The van der Waals surface area contributed by atoms with E-state index in [2.05, 4.69) is 82.8 Å². The van der Waals surface area contributed by atoms with Gasteiger partial charge in [0, 0.05) is 101 Å². The monoisotopic (exact) mass is 812 g/mol. The molecular weight excluding hydrogens is 764 g/mol. The quantitative estimate of drug-likeness (QED) is 0.169. The largest absolute Gasteiger partial charge is 0.482 e. The molecule has 3 aliphatic heterocycles. The molecule has 15 nitrogen and oxygen atoms in total. The molecule has 310 valence electrons. The summed E-state index contributed by atoms with van der Waals surface area (Å²) < 4.78 is 22.5. The van der Waals surface area contributed by atoms with Gasteiger partial charge in [-0.3, -0.25) is 24.6 Å². The fourth-order valence-corrected chi connectivity index (χ4v) is 8.70. The molecule has 9 rings (SSSR count). The van der Waals surface area contributed by atoms with Crippen molar-refractivity contribution in [3.8, 4) is 22.6 Å². The highest BCUT2D eigenvalue weighted by Gasteiger charge is 2.29. The van der Waals surface area contributed by atoms with Crippen LogP contribution in [0.2, 0.25) is 0 Å². The van der Waals surface area contributed by atoms with Gasteiger partial charge in [0.05, 0.1) is 23.6 Å². The van der Waals surface area contributed by atoms with Crippen LogP contribution in [0.5, 0.6) is 5.75 Å². The van der Waals surface area contributed by atoms with Crippen molar-refractivity contribution in [3.63, 3.8) is 0 Å². The van der Waals surface area contributed by atoms with Crippen molar-refractivity contribution >= 4 is 40.2 Å². The van der Waals surface area contributed by atoms with E-state index in [1.165, 1.54) is 28.2 Å². The number of urea groups is 1. The first-order valence-corrected chi connectivity index (χ1v) is 20.6. The summed E-state index contributed by atoms with van der Waals surface area (Å²) in [4.78, 5) is 39.2. The molecule has 3 fully saturated rings. The van der Waals surface area contributed by atoms with Crippen LogP contribution in [0.25, 0.3) is 27.7 Å². The number of nitrogen functional groups attached to an aromatic ring is 1. The summed E-state index contributed by atoms with van der Waals surface area (Å²) in [6.45, 7) is 10.3. The Labute approximate surface area is 347 Å². The lowest BCUT2D eigenvalue weighted by molar-refractivity contribution is -0.120. The predicted octanol–water partition coefficient (Wildman–Crippen LogP) is 5.56. The Kier molecular flexibility index (Phi) is 10.9. The van der Waals surface area contributed by atoms with E-state index in [4.69, 9.17) is 10.5 Å². The van der Waals surface area contributed by atoms with Gasteiger partial charge in [-0.2, -0.15) is 20.1 Å². The summed E-state index contributed by atoms with van der Waals surface area (Å²) in [6.07, 6.45) is 6.89. The van der Waals surface area contributed by atoms with Crippen molar-refractivity contribution in [2.45, 2.75) is 38.8 Å². The van der Waals surface area contributed by atoms with E-state index in [1.807, 2.05) is 24.7 Å². The number of fused-ring (bicyclic) bond motifs is 1. The first kappa shape index (κ1) is 39.1. The zero-order chi connectivity index (χ0) is 41.3. The summed E-state index contributed by atoms with van der Waals surface area (Å²) in [5.41, 5.74) is 12.8. The summed E-state index contributed by atoms with van der Waals surface area (Å²) in [5, 5.41) is 16.4. The standard InChI is InChI=1S/C44H49FN12O3/c1-29(37-24-34(45)6-9-38(37)57-48-13-14-49-57)60-40-23-33(26-47-42(40)46)32-5-3-4-31(22-32)28-54-20-18-53(19-21-54)27-30-10-15-55(16-11-30)35-7-8-36-39(25-35)52(2)51-43(36)56-17-12-41(58)50-44(56)59/h3-9,13-14,22-26,29-30H,10-12,15-21,27-28H2,1-2H3,(H2,46,47)(H,50,58,59)/t29-/m1/s1. The number of halogens is 1. The number of piperazine rings is 1. The number of rotatable bonds is 11. The second-order valence-electron chi connectivity index (χ2n) is 16.0. The SMILES string of the molecule is C[C@@H](Oc1cc(-c2cccc(CN3CCN(CC4CCN(c5ccc6c(N7CCC(=O)NC7=O)nn(C)c6c5)CC4)CC3)c2)cnc1N)c1cc(F)ccc1-n1nccn1. The number of imide groups is 1. The molecule has 3 aromatic carbocycles. The van der Waals surface area contributed by atoms with Gasteiger partial charge in [0.2, 0.25) is 5.91 Å². The van der Waals surface area contributed by atoms with E-state index in [9.17, 15) is 14.0 Å². The number of nitrogens with one attached hydrogen (secondary N) is 1. The predicted molar refractivity (Wildman–Crippen MR) is 227 cm³/mol. The molecule has 3 aromatic heterocycles. The molecule has 1 atom stereocenters. The normalized spacial score (nSPS) is 17.6. The Morgan fingerprint density at radius 1 is 0.900 bits per heavy atom. The molecule has 6 heterocycles. The van der Waals surface area contributed by atoms with Crippen molar-refractivity contribution in [2.75, 3.05) is 67.9 Å². The minimum Gasteiger partial charge on any atom is -0.482 e. The zero-order valence-electron chi connectivity index (χ0n) is 33.9. The van der Waals surface area contributed by atoms with Crippen LogP contribution in [0.4, 0.5) is 26.5 Å². The van der Waals surface area contributed by atoms with Gasteiger partial charge in [-0.1, -0.05) is 18.2 Å². The average Bonchev–Trinajstić information content (AvgIpc) is 3.91. The van der Waals surface area contributed by atoms with E-state index in [0.717, 1.165) is 87.2 Å². The van der Waals surface area contributed by atoms with E-state index in [0.29, 0.717) is 35.3 Å². The molecular formula is C44H49FN12O3. The number of piperidine rings is 1. The highest BCUT2D eigenvalue weighted by Crippen LogP contribution is 2.34. The average molecular weight is 813 g/mol. The number of nitrogens with zero attached hydrogens (tertiary/aromatic N) is 10. The van der Waals surface area contributed by atoms with Crippen molar-refractivity contribution in [2.24, 2.45) is 13.0 Å². The van der Waals surface area contributed by atoms with E-state index in [-0.39, 0.29) is 24.0 Å². The molecule has 16 heteroatoms. The minimum absolute atomic E-state index is 0.254. The number of hydrogen-bond acceptors (Lipinski definition) is 11. The van der Waals surface area contributed by atoms with Crippen LogP contribution in [0.3, 0.4) is 0 Å². The molecule has 0 unspecified atom stereocenters. The number of aromatic nitrogens is 6. The second-order valence-corrected chi connectivity index (χ2v) is 16.0. The second kappa shape index (κ2) is 16.7. The van der Waals surface area contributed by atoms with Crippen molar-refractivity contribution in [1.29, 1.82) is 0 Å². The molecule has 3 N–H and O–H groups in total. The first-order chi connectivity index (χ1) is 29.1. The lowest BCUT2D eigenvalue weighted by Gasteiger charge is -2.39. The maximum atomic E-state index is 14.4. The van der Waals surface area contributed by atoms with Crippen LogP contribution >= 0.6 is 0 Å². The molecule has 0 radical (unpaired) electrons. The van der Waals surface area contributed by atoms with E-state index < -0.39 is 12.1 Å². The Morgan fingerprint density at radius 2 is 1.68 bits per heavy atom. The van der Waals surface area contributed by atoms with Crippen molar-refractivity contribution in [3.05, 3.63) is 102 Å². The van der Waals surface area contributed by atoms with Gasteiger partial charge in [0.25, 0.3) is 0 Å². The fraction of sp³-hybridized carbons (Fsp3) is 0.364. The maximum Gasteiger partial charge on any atom is 0.329 e. The molecule has 3 aliphatic rings. The number of anilines is 3. The minimum atomic E-state index is -0.559. The number of hydrogen-bond donors (Lipinski definition) is 2. The Hall–Kier alpha value is -6.39. The molecule has 0 spiro atoms. The van der Waals surface area contributed by atoms with Crippen LogP contribution in [-0.2, 0) is 18.4 Å². The Bertz CT molecular complexity index is 2510. The van der Waals surface area contributed by atoms with Crippen LogP contribution in [0.1, 0.15) is 43.4 Å². The molecule has 0 saturated carbocycles. The lowest BCUT2D eigenvalue weighted by atomic mass is 9.95.